The molecule has 1 amide bonds. The van der Waals surface area contributed by atoms with Crippen LogP contribution >= 0.6 is 11.6 Å². The second kappa shape index (κ2) is 11.7. The van der Waals surface area contributed by atoms with Crippen molar-refractivity contribution in [1.29, 1.82) is 0 Å². The van der Waals surface area contributed by atoms with Crippen LogP contribution in [0.25, 0.3) is 11.3 Å². The molecule has 6 nitrogen and oxygen atoms in total. The molecule has 0 radical (unpaired) electrons. The first kappa shape index (κ1) is 26.5. The highest BCUT2D eigenvalue weighted by Gasteiger charge is 2.32. The van der Waals surface area contributed by atoms with Gasteiger partial charge in [0.2, 0.25) is 0 Å². The van der Waals surface area contributed by atoms with E-state index in [1.165, 1.54) is 12.1 Å². The first-order valence-electron chi connectivity index (χ1n) is 12.2. The Morgan fingerprint density at radius 1 is 1.16 bits per heavy atom. The second-order valence-corrected chi connectivity index (χ2v) is 9.12. The first-order valence-corrected chi connectivity index (χ1v) is 12.6. The largest absolute Gasteiger partial charge is 0.493 e. The van der Waals surface area contributed by atoms with E-state index < -0.39 is 12.3 Å². The third kappa shape index (κ3) is 5.59. The summed E-state index contributed by atoms with van der Waals surface area (Å²) in [4.78, 5) is 33.6. The van der Waals surface area contributed by atoms with Crippen LogP contribution in [0.15, 0.2) is 54.6 Å². The first-order chi connectivity index (χ1) is 17.9. The Balaban J connectivity index is 1.59. The highest BCUT2D eigenvalue weighted by Crippen LogP contribution is 2.33. The summed E-state index contributed by atoms with van der Waals surface area (Å²) in [6.07, 6.45) is -1.40. The number of para-hydroxylation sites is 1. The molecule has 4 rings (SSSR count). The summed E-state index contributed by atoms with van der Waals surface area (Å²) in [6.45, 7) is 5.46. The van der Waals surface area contributed by atoms with Crippen LogP contribution in [0.3, 0.4) is 0 Å². The number of benzene rings is 2. The van der Waals surface area contributed by atoms with Gasteiger partial charge >= 0.3 is 0 Å². The Bertz CT molecular complexity index is 1290. The lowest BCUT2D eigenvalue weighted by molar-refractivity contribution is 0.0709. The maximum atomic E-state index is 13.6. The van der Waals surface area contributed by atoms with E-state index in [4.69, 9.17) is 16.3 Å². The number of piperazine rings is 1. The fourth-order valence-electron chi connectivity index (χ4n) is 4.69. The smallest absolute Gasteiger partial charge is 0.264 e. The maximum Gasteiger partial charge on any atom is 0.264 e. The monoisotopic (exact) mass is 527 g/mol. The molecule has 1 aliphatic heterocycles. The number of ether oxygens (including phenoxy) is 1. The number of rotatable bonds is 8. The molecular weight excluding hydrogens is 500 g/mol. The molecule has 1 aromatic heterocycles. The number of hydrogen-bond acceptors (Lipinski definition) is 5. The van der Waals surface area contributed by atoms with Crippen molar-refractivity contribution in [2.45, 2.75) is 32.7 Å². The number of amides is 1. The van der Waals surface area contributed by atoms with Crippen LogP contribution in [0.1, 0.15) is 53.1 Å². The number of alkyl halides is 2. The van der Waals surface area contributed by atoms with E-state index in [-0.39, 0.29) is 22.2 Å². The third-order valence-electron chi connectivity index (χ3n) is 6.51. The molecule has 1 saturated heterocycles. The highest BCUT2D eigenvalue weighted by molar-refractivity contribution is 6.30. The molecule has 2 aromatic carbocycles. The summed E-state index contributed by atoms with van der Waals surface area (Å²) in [5, 5.41) is 0.157. The highest BCUT2D eigenvalue weighted by atomic mass is 35.5. The summed E-state index contributed by atoms with van der Waals surface area (Å²) >= 11 is 5.88. The van der Waals surface area contributed by atoms with Crippen LogP contribution in [-0.4, -0.2) is 54.4 Å². The minimum Gasteiger partial charge on any atom is -0.493 e. The fraction of sp³-hybridized carbons (Fsp3) is 0.321. The van der Waals surface area contributed by atoms with Gasteiger partial charge in [-0.05, 0) is 55.8 Å². The number of aromatic nitrogens is 1. The van der Waals surface area contributed by atoms with Gasteiger partial charge in [0.25, 0.3) is 12.3 Å². The van der Waals surface area contributed by atoms with Gasteiger partial charge in [-0.25, -0.2) is 13.8 Å². The van der Waals surface area contributed by atoms with Gasteiger partial charge < -0.3 is 14.5 Å². The van der Waals surface area contributed by atoms with E-state index in [1.54, 1.807) is 4.90 Å². The average molecular weight is 528 g/mol. The Morgan fingerprint density at radius 2 is 1.95 bits per heavy atom. The van der Waals surface area contributed by atoms with Crippen LogP contribution in [0.4, 0.5) is 14.5 Å². The molecule has 0 N–H and O–H groups in total. The zero-order valence-corrected chi connectivity index (χ0v) is 21.4. The molecule has 0 aliphatic carbocycles. The predicted molar refractivity (Wildman–Crippen MR) is 140 cm³/mol. The molecule has 194 valence electrons. The zero-order valence-electron chi connectivity index (χ0n) is 20.7. The summed E-state index contributed by atoms with van der Waals surface area (Å²) in [5.74, 6) is 0.229. The number of carbonyl (C=O) groups is 2. The molecule has 1 aliphatic rings. The van der Waals surface area contributed by atoms with Crippen molar-refractivity contribution in [3.8, 4) is 17.0 Å². The molecule has 2 heterocycles. The normalized spacial score (nSPS) is 15.7. The van der Waals surface area contributed by atoms with Crippen LogP contribution in [0, 0.1) is 0 Å². The molecule has 1 unspecified atom stereocenters. The molecule has 1 fully saturated rings. The summed E-state index contributed by atoms with van der Waals surface area (Å²) in [7, 11) is 0. The molecule has 37 heavy (non-hydrogen) atoms. The van der Waals surface area contributed by atoms with Crippen molar-refractivity contribution >= 4 is 29.5 Å². The Labute approximate surface area is 219 Å². The molecule has 1 atom stereocenters. The van der Waals surface area contributed by atoms with Gasteiger partial charge in [-0.3, -0.25) is 9.59 Å². The number of halogens is 3. The second-order valence-electron chi connectivity index (χ2n) is 8.69. The van der Waals surface area contributed by atoms with Crippen molar-refractivity contribution in [1.82, 2.24) is 9.88 Å². The van der Waals surface area contributed by atoms with Gasteiger partial charge in [0.1, 0.15) is 11.4 Å². The van der Waals surface area contributed by atoms with E-state index in [9.17, 15) is 18.4 Å². The van der Waals surface area contributed by atoms with Crippen LogP contribution in [-0.2, 0) is 0 Å². The molecule has 3 aromatic rings. The predicted octanol–water partition coefficient (Wildman–Crippen LogP) is 6.29. The third-order valence-corrected chi connectivity index (χ3v) is 6.74. The van der Waals surface area contributed by atoms with E-state index in [1.807, 2.05) is 50.2 Å². The number of carbonyl (C=O) groups excluding carboxylic acids is 2. The number of pyridine rings is 1. The number of hydrogen-bond donors (Lipinski definition) is 0. The maximum absolute atomic E-state index is 13.6. The minimum atomic E-state index is -2.81. The zero-order chi connectivity index (χ0) is 26.5. The summed E-state index contributed by atoms with van der Waals surface area (Å²) in [5.41, 5.74) is 1.96. The van der Waals surface area contributed by atoms with Crippen molar-refractivity contribution in [3.05, 3.63) is 76.4 Å². The van der Waals surface area contributed by atoms with Gasteiger partial charge in [-0.2, -0.15) is 0 Å². The lowest BCUT2D eigenvalue weighted by Crippen LogP contribution is -2.55. The average Bonchev–Trinajstić information content (AvgIpc) is 2.92. The van der Waals surface area contributed by atoms with Gasteiger partial charge in [0.15, 0.2) is 6.29 Å². The standard InChI is InChI=1S/C28H28ClF2N3O3/c1-3-19-16-33(28(36)20-10-9-18(29)15-22(20)27(30)31)13-14-34(19)25-12-11-23(32-24(25)17-35)21-7-5-6-8-26(21)37-4-2/h5-12,15,17,19,27H,3-4,13-14,16H2,1-2H3. The van der Waals surface area contributed by atoms with Crippen molar-refractivity contribution in [3.63, 3.8) is 0 Å². The van der Waals surface area contributed by atoms with Crippen LogP contribution in [0.2, 0.25) is 5.02 Å². The molecule has 0 spiro atoms. The minimum absolute atomic E-state index is 0.0460. The topological polar surface area (TPSA) is 62.7 Å². The molecular formula is C28H28ClF2N3O3. The lowest BCUT2D eigenvalue weighted by atomic mass is 10.0. The SMILES string of the molecule is CCOc1ccccc1-c1ccc(N2CCN(C(=O)c3ccc(Cl)cc3C(F)F)CC2CC)c(C=O)n1. The number of nitrogens with zero attached hydrogens (tertiary/aromatic N) is 3. The van der Waals surface area contributed by atoms with Gasteiger partial charge in [0.05, 0.1) is 18.0 Å². The Hall–Kier alpha value is -3.52. The number of aldehydes is 1. The fourth-order valence-corrected chi connectivity index (χ4v) is 4.87. The Kier molecular flexibility index (Phi) is 8.38. The molecule has 0 saturated carbocycles. The Morgan fingerprint density at radius 3 is 2.65 bits per heavy atom. The summed E-state index contributed by atoms with van der Waals surface area (Å²) < 4.78 is 32.9. The lowest BCUT2D eigenvalue weighted by Gasteiger charge is -2.43. The van der Waals surface area contributed by atoms with Crippen molar-refractivity contribution < 1.29 is 23.1 Å². The van der Waals surface area contributed by atoms with E-state index >= 15 is 0 Å². The summed E-state index contributed by atoms with van der Waals surface area (Å²) in [6, 6.07) is 15.1. The van der Waals surface area contributed by atoms with Crippen LogP contribution < -0.4 is 9.64 Å². The van der Waals surface area contributed by atoms with E-state index in [0.29, 0.717) is 55.5 Å². The van der Waals surface area contributed by atoms with Gasteiger partial charge in [0, 0.05) is 47.4 Å². The number of anilines is 1. The quantitative estimate of drug-likeness (QED) is 0.322. The van der Waals surface area contributed by atoms with Gasteiger partial charge in [-0.15, -0.1) is 0 Å². The van der Waals surface area contributed by atoms with Crippen molar-refractivity contribution in [2.24, 2.45) is 0 Å². The van der Waals surface area contributed by atoms with E-state index in [2.05, 4.69) is 9.88 Å². The van der Waals surface area contributed by atoms with Gasteiger partial charge in [-0.1, -0.05) is 30.7 Å². The van der Waals surface area contributed by atoms with Crippen molar-refractivity contribution in [2.75, 3.05) is 31.1 Å². The molecule has 9 heteroatoms. The van der Waals surface area contributed by atoms with E-state index in [0.717, 1.165) is 17.9 Å². The molecule has 0 bridgehead atoms. The van der Waals surface area contributed by atoms with Crippen LogP contribution in [0.5, 0.6) is 5.75 Å².